The van der Waals surface area contributed by atoms with E-state index in [4.69, 9.17) is 0 Å². The van der Waals surface area contributed by atoms with Gasteiger partial charge in [0.2, 0.25) is 0 Å². The number of pyridine rings is 1. The molecular weight excluding hydrogens is 257 g/mol. The molecule has 0 aliphatic rings. The third-order valence-electron chi connectivity index (χ3n) is 2.74. The van der Waals surface area contributed by atoms with Crippen molar-refractivity contribution in [2.45, 2.75) is 12.7 Å². The molecule has 19 heavy (non-hydrogen) atoms. The van der Waals surface area contributed by atoms with Crippen molar-refractivity contribution in [1.82, 2.24) is 9.88 Å². The predicted molar refractivity (Wildman–Crippen MR) is 67.1 cm³/mol. The number of aromatic nitrogens is 1. The Labute approximate surface area is 107 Å². The zero-order valence-electron chi connectivity index (χ0n) is 10.1. The minimum Gasteiger partial charge on any atom is -0.346 e. The first-order chi connectivity index (χ1) is 8.97. The van der Waals surface area contributed by atoms with Crippen LogP contribution >= 0.6 is 0 Å². The predicted octanol–water partition coefficient (Wildman–Crippen LogP) is 2.15. The van der Waals surface area contributed by atoms with Crippen LogP contribution in [0.1, 0.15) is 0 Å². The van der Waals surface area contributed by atoms with Crippen LogP contribution in [0.3, 0.4) is 0 Å². The van der Waals surface area contributed by atoms with Crippen molar-refractivity contribution in [2.24, 2.45) is 0 Å². The topological polar surface area (TPSA) is 34.0 Å². The molecule has 1 aromatic heterocycles. The van der Waals surface area contributed by atoms with E-state index < -0.39 is 12.7 Å². The van der Waals surface area contributed by atoms with E-state index >= 15 is 0 Å². The highest BCUT2D eigenvalue weighted by Gasteiger charge is 2.25. The zero-order valence-corrected chi connectivity index (χ0v) is 10.1. The number of benzene rings is 1. The number of hydrogen-bond donors (Lipinski definition) is 1. The summed E-state index contributed by atoms with van der Waals surface area (Å²) >= 11 is 0. The van der Waals surface area contributed by atoms with Gasteiger partial charge in [0.15, 0.2) is 5.43 Å². The lowest BCUT2D eigenvalue weighted by Crippen LogP contribution is -2.31. The molecule has 0 amide bonds. The first-order valence-electron chi connectivity index (χ1n) is 5.83. The highest BCUT2D eigenvalue weighted by Crippen LogP contribution is 2.12. The van der Waals surface area contributed by atoms with Crippen LogP contribution < -0.4 is 10.7 Å². The molecule has 6 heteroatoms. The number of nitrogens with zero attached hydrogens (tertiary/aromatic N) is 1. The largest absolute Gasteiger partial charge is 0.401 e. The second-order valence-electron chi connectivity index (χ2n) is 4.18. The van der Waals surface area contributed by atoms with E-state index in [1.165, 1.54) is 6.07 Å². The molecule has 0 atom stereocenters. The van der Waals surface area contributed by atoms with Crippen molar-refractivity contribution in [2.75, 3.05) is 13.1 Å². The van der Waals surface area contributed by atoms with Crippen LogP contribution in [0.5, 0.6) is 0 Å². The molecule has 1 heterocycles. The lowest BCUT2D eigenvalue weighted by molar-refractivity contribution is -0.124. The Kier molecular flexibility index (Phi) is 3.90. The van der Waals surface area contributed by atoms with Crippen LogP contribution in [0.25, 0.3) is 10.9 Å². The van der Waals surface area contributed by atoms with Gasteiger partial charge in [-0.2, -0.15) is 13.2 Å². The fourth-order valence-electron chi connectivity index (χ4n) is 1.88. The standard InChI is InChI=1S/C13H13F3N2O/c14-13(15,16)9-17-6-8-18-7-5-12(19)10-3-1-2-4-11(10)18/h1-5,7,17H,6,8-9H2. The monoisotopic (exact) mass is 270 g/mol. The van der Waals surface area contributed by atoms with Gasteiger partial charge in [-0.15, -0.1) is 0 Å². The van der Waals surface area contributed by atoms with Crippen molar-refractivity contribution < 1.29 is 13.2 Å². The zero-order chi connectivity index (χ0) is 13.9. The summed E-state index contributed by atoms with van der Waals surface area (Å²) in [7, 11) is 0. The number of para-hydroxylation sites is 1. The van der Waals surface area contributed by atoms with E-state index in [1.807, 2.05) is 0 Å². The van der Waals surface area contributed by atoms with Gasteiger partial charge in [0.05, 0.1) is 12.1 Å². The third kappa shape index (κ3) is 3.57. The van der Waals surface area contributed by atoms with Crippen LogP contribution in [-0.4, -0.2) is 23.8 Å². The van der Waals surface area contributed by atoms with Crippen LogP contribution in [0.4, 0.5) is 13.2 Å². The Hall–Kier alpha value is -1.82. The molecule has 3 nitrogen and oxygen atoms in total. The minimum atomic E-state index is -4.20. The van der Waals surface area contributed by atoms with Gasteiger partial charge in [-0.05, 0) is 12.1 Å². The first-order valence-corrected chi connectivity index (χ1v) is 5.83. The molecule has 0 aliphatic heterocycles. The van der Waals surface area contributed by atoms with E-state index in [2.05, 4.69) is 5.32 Å². The Bertz CT molecular complexity index is 619. The average molecular weight is 270 g/mol. The van der Waals surface area contributed by atoms with Crippen LogP contribution in [0, 0.1) is 0 Å². The van der Waals surface area contributed by atoms with Gasteiger partial charge in [-0.3, -0.25) is 4.79 Å². The van der Waals surface area contributed by atoms with Crippen molar-refractivity contribution >= 4 is 10.9 Å². The quantitative estimate of drug-likeness (QED) is 0.864. The summed E-state index contributed by atoms with van der Waals surface area (Å²) in [6.45, 7) is -0.450. The van der Waals surface area contributed by atoms with Gasteiger partial charge >= 0.3 is 6.18 Å². The summed E-state index contributed by atoms with van der Waals surface area (Å²) in [5.41, 5.74) is 0.638. The van der Waals surface area contributed by atoms with Gasteiger partial charge in [0.25, 0.3) is 0 Å². The Balaban J connectivity index is 2.09. The number of fused-ring (bicyclic) bond motifs is 1. The molecule has 2 rings (SSSR count). The van der Waals surface area contributed by atoms with Crippen LogP contribution in [-0.2, 0) is 6.54 Å². The molecule has 0 bridgehead atoms. The summed E-state index contributed by atoms with van der Waals surface area (Å²) in [6, 6.07) is 8.46. The van der Waals surface area contributed by atoms with E-state index in [9.17, 15) is 18.0 Å². The van der Waals surface area contributed by atoms with Gasteiger partial charge in [-0.1, -0.05) is 12.1 Å². The lowest BCUT2D eigenvalue weighted by atomic mass is 10.2. The van der Waals surface area contributed by atoms with E-state index in [-0.39, 0.29) is 12.0 Å². The van der Waals surface area contributed by atoms with Crippen molar-refractivity contribution in [3.8, 4) is 0 Å². The molecule has 0 aliphatic carbocycles. The Morgan fingerprint density at radius 2 is 1.89 bits per heavy atom. The summed E-state index contributed by atoms with van der Waals surface area (Å²) in [4.78, 5) is 11.6. The summed E-state index contributed by atoms with van der Waals surface area (Å²) in [5, 5.41) is 2.90. The van der Waals surface area contributed by atoms with Gasteiger partial charge in [0, 0.05) is 30.7 Å². The molecule has 1 aromatic carbocycles. The lowest BCUT2D eigenvalue weighted by Gasteiger charge is -2.12. The molecule has 0 unspecified atom stereocenters. The normalized spacial score (nSPS) is 11.9. The SMILES string of the molecule is O=c1ccn(CCNCC(F)(F)F)c2ccccc12. The smallest absolute Gasteiger partial charge is 0.346 e. The maximum Gasteiger partial charge on any atom is 0.401 e. The first kappa shape index (κ1) is 13.6. The maximum atomic E-state index is 12.0. The summed E-state index contributed by atoms with van der Waals surface area (Å²) < 4.78 is 37.7. The fraction of sp³-hybridized carbons (Fsp3) is 0.308. The minimum absolute atomic E-state index is 0.0879. The number of hydrogen-bond acceptors (Lipinski definition) is 2. The molecule has 0 spiro atoms. The van der Waals surface area contributed by atoms with Crippen molar-refractivity contribution in [3.05, 3.63) is 46.8 Å². The average Bonchev–Trinajstić information content (AvgIpc) is 2.36. The number of nitrogens with one attached hydrogen (secondary N) is 1. The highest BCUT2D eigenvalue weighted by molar-refractivity contribution is 5.78. The molecular formula is C13H13F3N2O. The fourth-order valence-corrected chi connectivity index (χ4v) is 1.88. The number of alkyl halides is 3. The van der Waals surface area contributed by atoms with Gasteiger partial charge in [0.1, 0.15) is 0 Å². The van der Waals surface area contributed by atoms with Crippen molar-refractivity contribution in [3.63, 3.8) is 0 Å². The number of halogens is 3. The Morgan fingerprint density at radius 3 is 2.63 bits per heavy atom. The second kappa shape index (κ2) is 5.44. The van der Waals surface area contributed by atoms with E-state index in [1.54, 1.807) is 35.0 Å². The highest BCUT2D eigenvalue weighted by atomic mass is 19.4. The second-order valence-corrected chi connectivity index (χ2v) is 4.18. The summed E-state index contributed by atoms with van der Waals surface area (Å²) in [6.07, 6.45) is -2.61. The van der Waals surface area contributed by atoms with Gasteiger partial charge < -0.3 is 9.88 Å². The Morgan fingerprint density at radius 1 is 1.16 bits per heavy atom. The molecule has 2 aromatic rings. The molecule has 1 N–H and O–H groups in total. The van der Waals surface area contributed by atoms with Crippen LogP contribution in [0.2, 0.25) is 0 Å². The number of rotatable bonds is 4. The van der Waals surface area contributed by atoms with Crippen LogP contribution in [0.15, 0.2) is 41.3 Å². The van der Waals surface area contributed by atoms with Gasteiger partial charge in [-0.25, -0.2) is 0 Å². The molecule has 0 saturated carbocycles. The van der Waals surface area contributed by atoms with Crippen molar-refractivity contribution in [1.29, 1.82) is 0 Å². The molecule has 102 valence electrons. The van der Waals surface area contributed by atoms with E-state index in [0.717, 1.165) is 5.52 Å². The third-order valence-corrected chi connectivity index (χ3v) is 2.74. The van der Waals surface area contributed by atoms with E-state index in [0.29, 0.717) is 11.9 Å². The molecule has 0 saturated heterocycles. The molecule has 0 radical (unpaired) electrons. The maximum absolute atomic E-state index is 12.0. The molecule has 0 fully saturated rings. The summed E-state index contributed by atoms with van der Waals surface area (Å²) in [5.74, 6) is 0.